The van der Waals surface area contributed by atoms with Crippen molar-refractivity contribution in [1.29, 1.82) is 0 Å². The van der Waals surface area contributed by atoms with Gasteiger partial charge < -0.3 is 14.7 Å². The number of hydrogen-bond donors (Lipinski definition) is 1. The van der Waals surface area contributed by atoms with E-state index in [-0.39, 0.29) is 18.6 Å². The van der Waals surface area contributed by atoms with E-state index in [2.05, 4.69) is 0 Å². The lowest BCUT2D eigenvalue weighted by atomic mass is 10.2. The molecule has 2 atom stereocenters. The number of methoxy groups -OCH3 is 1. The van der Waals surface area contributed by atoms with Crippen molar-refractivity contribution in [2.24, 2.45) is 0 Å². The van der Waals surface area contributed by atoms with E-state index in [1.54, 1.807) is 7.11 Å². The fourth-order valence-corrected chi connectivity index (χ4v) is 2.64. The molecular formula is C15H22N2O3. The molecule has 1 aromatic carbocycles. The molecule has 2 rings (SSSR count). The van der Waals surface area contributed by atoms with E-state index in [0.717, 1.165) is 18.7 Å². The third-order valence-electron chi connectivity index (χ3n) is 3.63. The molecule has 0 aliphatic carbocycles. The van der Waals surface area contributed by atoms with Gasteiger partial charge in [-0.25, -0.2) is 0 Å². The fourth-order valence-electron chi connectivity index (χ4n) is 2.64. The molecule has 1 fully saturated rings. The molecule has 1 amide bonds. The van der Waals surface area contributed by atoms with Gasteiger partial charge in [0, 0.05) is 25.9 Å². The van der Waals surface area contributed by atoms with Gasteiger partial charge in [0.1, 0.15) is 0 Å². The van der Waals surface area contributed by atoms with Gasteiger partial charge in [-0.1, -0.05) is 18.2 Å². The Morgan fingerprint density at radius 2 is 2.15 bits per heavy atom. The first-order valence-corrected chi connectivity index (χ1v) is 6.87. The lowest BCUT2D eigenvalue weighted by molar-refractivity contribution is -0.121. The summed E-state index contributed by atoms with van der Waals surface area (Å²) in [5.74, 6) is 0.100. The minimum absolute atomic E-state index is 0.100. The van der Waals surface area contributed by atoms with Gasteiger partial charge >= 0.3 is 0 Å². The van der Waals surface area contributed by atoms with E-state index >= 15 is 0 Å². The molecule has 5 nitrogen and oxygen atoms in total. The Balaban J connectivity index is 1.97. The van der Waals surface area contributed by atoms with Crippen LogP contribution in [-0.4, -0.2) is 61.9 Å². The van der Waals surface area contributed by atoms with Crippen LogP contribution in [0, 0.1) is 0 Å². The van der Waals surface area contributed by atoms with Crippen LogP contribution in [0.15, 0.2) is 30.3 Å². The average molecular weight is 278 g/mol. The number of likely N-dealkylation sites (N-methyl/N-ethyl adjacent to an activating group) is 1. The minimum Gasteiger partial charge on any atom is -0.389 e. The smallest absolute Gasteiger partial charge is 0.244 e. The SMILES string of the molecule is COC[C@@H](O)CN(C)[C@H]1CCN(c2ccccc2)C1=O. The second kappa shape index (κ2) is 6.83. The average Bonchev–Trinajstić information content (AvgIpc) is 2.82. The van der Waals surface area contributed by atoms with Crippen LogP contribution in [0.1, 0.15) is 6.42 Å². The van der Waals surface area contributed by atoms with E-state index < -0.39 is 6.10 Å². The molecule has 20 heavy (non-hydrogen) atoms. The van der Waals surface area contributed by atoms with Crippen LogP contribution in [0.5, 0.6) is 0 Å². The number of carbonyl (C=O) groups excluding carboxylic acids is 1. The molecule has 0 spiro atoms. The van der Waals surface area contributed by atoms with E-state index in [9.17, 15) is 9.90 Å². The van der Waals surface area contributed by atoms with Crippen molar-refractivity contribution in [2.75, 3.05) is 38.8 Å². The molecule has 1 heterocycles. The lowest BCUT2D eigenvalue weighted by Crippen LogP contribution is -2.43. The third kappa shape index (κ3) is 3.36. The number of aliphatic hydroxyl groups is 1. The molecule has 1 saturated heterocycles. The number of aliphatic hydroxyl groups excluding tert-OH is 1. The Morgan fingerprint density at radius 1 is 1.45 bits per heavy atom. The quantitative estimate of drug-likeness (QED) is 0.833. The number of para-hydroxylation sites is 1. The minimum atomic E-state index is -0.566. The zero-order valence-electron chi connectivity index (χ0n) is 12.0. The number of benzene rings is 1. The number of anilines is 1. The van der Waals surface area contributed by atoms with Crippen LogP contribution in [0.2, 0.25) is 0 Å². The van der Waals surface area contributed by atoms with Crippen LogP contribution in [0.3, 0.4) is 0 Å². The monoisotopic (exact) mass is 278 g/mol. The first-order valence-electron chi connectivity index (χ1n) is 6.87. The van der Waals surface area contributed by atoms with Gasteiger partial charge in [-0.05, 0) is 25.6 Å². The summed E-state index contributed by atoms with van der Waals surface area (Å²) in [6, 6.07) is 9.53. The maximum absolute atomic E-state index is 12.5. The van der Waals surface area contributed by atoms with Gasteiger partial charge in [-0.15, -0.1) is 0 Å². The Morgan fingerprint density at radius 3 is 2.80 bits per heavy atom. The van der Waals surface area contributed by atoms with Crippen molar-refractivity contribution in [1.82, 2.24) is 4.90 Å². The van der Waals surface area contributed by atoms with Gasteiger partial charge in [-0.3, -0.25) is 9.69 Å². The van der Waals surface area contributed by atoms with Crippen LogP contribution in [-0.2, 0) is 9.53 Å². The predicted molar refractivity (Wildman–Crippen MR) is 77.7 cm³/mol. The van der Waals surface area contributed by atoms with E-state index in [0.29, 0.717) is 6.54 Å². The Bertz CT molecular complexity index is 438. The van der Waals surface area contributed by atoms with Gasteiger partial charge in [0.15, 0.2) is 0 Å². The van der Waals surface area contributed by atoms with Gasteiger partial charge in [0.2, 0.25) is 5.91 Å². The highest BCUT2D eigenvalue weighted by Gasteiger charge is 2.35. The third-order valence-corrected chi connectivity index (χ3v) is 3.63. The summed E-state index contributed by atoms with van der Waals surface area (Å²) in [5, 5.41) is 9.76. The first kappa shape index (κ1) is 15.0. The summed E-state index contributed by atoms with van der Waals surface area (Å²) < 4.78 is 4.91. The molecule has 0 unspecified atom stereocenters. The van der Waals surface area contributed by atoms with Crippen molar-refractivity contribution in [3.05, 3.63) is 30.3 Å². The molecule has 1 aromatic rings. The fraction of sp³-hybridized carbons (Fsp3) is 0.533. The van der Waals surface area contributed by atoms with Gasteiger partial charge in [0.25, 0.3) is 0 Å². The first-order chi connectivity index (χ1) is 9.63. The maximum atomic E-state index is 12.5. The molecule has 110 valence electrons. The molecule has 0 saturated carbocycles. The van der Waals surface area contributed by atoms with E-state index in [4.69, 9.17) is 4.74 Å². The number of rotatable bonds is 6. The van der Waals surface area contributed by atoms with Crippen molar-refractivity contribution in [3.63, 3.8) is 0 Å². The van der Waals surface area contributed by atoms with Gasteiger partial charge in [0.05, 0.1) is 18.8 Å². The molecule has 1 aliphatic rings. The summed E-state index contributed by atoms with van der Waals surface area (Å²) in [6.45, 7) is 1.44. The van der Waals surface area contributed by atoms with E-state index in [1.807, 2.05) is 47.2 Å². The second-order valence-electron chi connectivity index (χ2n) is 5.18. The van der Waals surface area contributed by atoms with Crippen LogP contribution < -0.4 is 4.90 Å². The molecule has 5 heteroatoms. The largest absolute Gasteiger partial charge is 0.389 e. The highest BCUT2D eigenvalue weighted by molar-refractivity contribution is 5.99. The summed E-state index contributed by atoms with van der Waals surface area (Å²) in [6.07, 6.45) is 0.216. The Labute approximate surface area is 119 Å². The standard InChI is InChI=1S/C15H22N2O3/c1-16(10-13(18)11-20-2)14-8-9-17(15(14)19)12-6-4-3-5-7-12/h3-7,13-14,18H,8-11H2,1-2H3/t13-,14-/m0/s1. The Hall–Kier alpha value is -1.43. The van der Waals surface area contributed by atoms with E-state index in [1.165, 1.54) is 0 Å². The Kier molecular flexibility index (Phi) is 5.11. The number of hydrogen-bond acceptors (Lipinski definition) is 4. The topological polar surface area (TPSA) is 53.0 Å². The van der Waals surface area contributed by atoms with Crippen molar-refractivity contribution >= 4 is 11.6 Å². The van der Waals surface area contributed by atoms with Crippen molar-refractivity contribution < 1.29 is 14.6 Å². The summed E-state index contributed by atoms with van der Waals surface area (Å²) in [5.41, 5.74) is 0.936. The normalized spacial score (nSPS) is 20.7. The van der Waals surface area contributed by atoms with Crippen molar-refractivity contribution in [2.45, 2.75) is 18.6 Å². The number of nitrogens with zero attached hydrogens (tertiary/aromatic N) is 2. The molecule has 1 aliphatic heterocycles. The maximum Gasteiger partial charge on any atom is 0.244 e. The summed E-state index contributed by atoms with van der Waals surface area (Å²) in [4.78, 5) is 16.2. The van der Waals surface area contributed by atoms with Crippen LogP contribution in [0.4, 0.5) is 5.69 Å². The van der Waals surface area contributed by atoms with Crippen LogP contribution >= 0.6 is 0 Å². The predicted octanol–water partition coefficient (Wildman–Crippen LogP) is 0.731. The number of carbonyl (C=O) groups is 1. The lowest BCUT2D eigenvalue weighted by Gasteiger charge is -2.25. The zero-order valence-corrected chi connectivity index (χ0v) is 12.0. The highest BCUT2D eigenvalue weighted by Crippen LogP contribution is 2.23. The summed E-state index contributed by atoms with van der Waals surface area (Å²) >= 11 is 0. The zero-order chi connectivity index (χ0) is 14.5. The van der Waals surface area contributed by atoms with Gasteiger partial charge in [-0.2, -0.15) is 0 Å². The molecule has 0 bridgehead atoms. The molecular weight excluding hydrogens is 256 g/mol. The molecule has 1 N–H and O–H groups in total. The highest BCUT2D eigenvalue weighted by atomic mass is 16.5. The summed E-state index contributed by atoms with van der Waals surface area (Å²) in [7, 11) is 3.43. The number of amides is 1. The second-order valence-corrected chi connectivity index (χ2v) is 5.18. The van der Waals surface area contributed by atoms with Crippen molar-refractivity contribution in [3.8, 4) is 0 Å². The molecule has 0 radical (unpaired) electrons. The molecule has 0 aromatic heterocycles. The number of ether oxygens (including phenoxy) is 1. The van der Waals surface area contributed by atoms with Crippen LogP contribution in [0.25, 0.3) is 0 Å².